The lowest BCUT2D eigenvalue weighted by Crippen LogP contribution is -2.33. The summed E-state index contributed by atoms with van der Waals surface area (Å²) in [5.41, 5.74) is 0.856. The van der Waals surface area contributed by atoms with E-state index < -0.39 is 11.7 Å². The van der Waals surface area contributed by atoms with Crippen LogP contribution < -0.4 is 4.90 Å². The zero-order valence-electron chi connectivity index (χ0n) is 8.49. The molecule has 0 atom stereocenters. The molecule has 0 saturated heterocycles. The van der Waals surface area contributed by atoms with E-state index in [1.807, 2.05) is 0 Å². The number of hydrogen-bond acceptors (Lipinski definition) is 3. The van der Waals surface area contributed by atoms with E-state index in [-0.39, 0.29) is 12.3 Å². The fourth-order valence-corrected chi connectivity index (χ4v) is 2.00. The van der Waals surface area contributed by atoms with Gasteiger partial charge in [0.1, 0.15) is 5.78 Å². The summed E-state index contributed by atoms with van der Waals surface area (Å²) in [6.07, 6.45) is 0. The number of hydrogen-bond donors (Lipinski definition) is 0. The quantitative estimate of drug-likeness (QED) is 0.774. The minimum Gasteiger partial charge on any atom is -0.298 e. The number of carbonyl (C=O) groups is 3. The molecule has 0 fully saturated rings. The Morgan fingerprint density at radius 2 is 2.06 bits per heavy atom. The summed E-state index contributed by atoms with van der Waals surface area (Å²) >= 11 is 3.26. The zero-order chi connectivity index (χ0) is 11.9. The van der Waals surface area contributed by atoms with E-state index in [2.05, 4.69) is 15.9 Å². The molecule has 1 heterocycles. The molecule has 1 aliphatic rings. The lowest BCUT2D eigenvalue weighted by Gasteiger charge is -2.14. The van der Waals surface area contributed by atoms with Crippen molar-refractivity contribution in [2.75, 3.05) is 11.4 Å². The minimum atomic E-state index is -0.636. The van der Waals surface area contributed by atoms with E-state index in [4.69, 9.17) is 0 Å². The maximum Gasteiger partial charge on any atom is 0.299 e. The van der Waals surface area contributed by atoms with Crippen molar-refractivity contribution in [3.8, 4) is 0 Å². The first-order valence-electron chi connectivity index (χ1n) is 4.66. The number of fused-ring (bicyclic) bond motifs is 1. The molecule has 5 heteroatoms. The number of amides is 1. The molecule has 4 nitrogen and oxygen atoms in total. The van der Waals surface area contributed by atoms with Gasteiger partial charge in [0.25, 0.3) is 11.7 Å². The molecule has 0 saturated carbocycles. The SMILES string of the molecule is CC(=O)CN1C(=O)C(=O)c2ccc(Br)cc21. The van der Waals surface area contributed by atoms with Crippen LogP contribution in [-0.2, 0) is 9.59 Å². The number of ketones is 2. The van der Waals surface area contributed by atoms with E-state index in [1.54, 1.807) is 18.2 Å². The van der Waals surface area contributed by atoms with Crippen molar-refractivity contribution < 1.29 is 14.4 Å². The Morgan fingerprint density at radius 1 is 1.38 bits per heavy atom. The van der Waals surface area contributed by atoms with Gasteiger partial charge in [0.2, 0.25) is 0 Å². The van der Waals surface area contributed by atoms with Crippen LogP contribution in [0.5, 0.6) is 0 Å². The minimum absolute atomic E-state index is 0.0615. The van der Waals surface area contributed by atoms with Crippen molar-refractivity contribution in [1.82, 2.24) is 0 Å². The third kappa shape index (κ3) is 1.67. The van der Waals surface area contributed by atoms with Gasteiger partial charge >= 0.3 is 0 Å². The number of benzene rings is 1. The number of nitrogens with zero attached hydrogens (tertiary/aromatic N) is 1. The van der Waals surface area contributed by atoms with Crippen LogP contribution in [0.15, 0.2) is 22.7 Å². The molecular formula is C11H8BrNO3. The van der Waals surface area contributed by atoms with Gasteiger partial charge < -0.3 is 0 Å². The van der Waals surface area contributed by atoms with Gasteiger partial charge in [-0.15, -0.1) is 0 Å². The highest BCUT2D eigenvalue weighted by Crippen LogP contribution is 2.31. The molecule has 0 aromatic heterocycles. The van der Waals surface area contributed by atoms with E-state index in [0.29, 0.717) is 11.3 Å². The monoisotopic (exact) mass is 281 g/mol. The lowest BCUT2D eigenvalue weighted by molar-refractivity contribution is -0.119. The second-order valence-corrected chi connectivity index (χ2v) is 4.50. The Bertz CT molecular complexity index is 510. The second-order valence-electron chi connectivity index (χ2n) is 3.58. The van der Waals surface area contributed by atoms with Crippen LogP contribution >= 0.6 is 15.9 Å². The molecule has 2 rings (SSSR count). The molecule has 1 aromatic rings. The number of anilines is 1. The van der Waals surface area contributed by atoms with E-state index in [9.17, 15) is 14.4 Å². The van der Waals surface area contributed by atoms with Gasteiger partial charge in [0.15, 0.2) is 0 Å². The molecular weight excluding hydrogens is 274 g/mol. The Morgan fingerprint density at radius 3 is 2.69 bits per heavy atom. The third-order valence-electron chi connectivity index (χ3n) is 2.32. The number of Topliss-reactive ketones (excluding diaryl/α,β-unsaturated/α-hetero) is 2. The Balaban J connectivity index is 2.51. The maximum atomic E-state index is 11.6. The predicted octanol–water partition coefficient (Wildman–Crippen LogP) is 1.57. The molecule has 0 N–H and O–H groups in total. The van der Waals surface area contributed by atoms with Crippen LogP contribution in [0.3, 0.4) is 0 Å². The van der Waals surface area contributed by atoms with Gasteiger partial charge in [0, 0.05) is 4.47 Å². The average Bonchev–Trinajstić information content (AvgIpc) is 2.43. The first kappa shape index (κ1) is 11.0. The van der Waals surface area contributed by atoms with Crippen LogP contribution in [-0.4, -0.2) is 24.0 Å². The Hall–Kier alpha value is -1.49. The van der Waals surface area contributed by atoms with Crippen LogP contribution in [0.2, 0.25) is 0 Å². The van der Waals surface area contributed by atoms with Crippen LogP contribution in [0.4, 0.5) is 5.69 Å². The van der Waals surface area contributed by atoms with E-state index >= 15 is 0 Å². The summed E-state index contributed by atoms with van der Waals surface area (Å²) < 4.78 is 0.766. The molecule has 0 bridgehead atoms. The van der Waals surface area contributed by atoms with Crippen LogP contribution in [0.1, 0.15) is 17.3 Å². The largest absolute Gasteiger partial charge is 0.299 e. The van der Waals surface area contributed by atoms with Crippen molar-refractivity contribution in [3.05, 3.63) is 28.2 Å². The van der Waals surface area contributed by atoms with Crippen LogP contribution in [0, 0.1) is 0 Å². The van der Waals surface area contributed by atoms with Gasteiger partial charge in [0.05, 0.1) is 17.8 Å². The highest BCUT2D eigenvalue weighted by atomic mass is 79.9. The molecule has 1 aliphatic heterocycles. The summed E-state index contributed by atoms with van der Waals surface area (Å²) in [6, 6.07) is 4.95. The standard InChI is InChI=1S/C11H8BrNO3/c1-6(14)5-13-9-4-7(12)2-3-8(9)10(15)11(13)16/h2-4H,5H2,1H3. The fourth-order valence-electron chi connectivity index (χ4n) is 1.65. The number of rotatable bonds is 2. The average molecular weight is 282 g/mol. The molecule has 0 aliphatic carbocycles. The highest BCUT2D eigenvalue weighted by molar-refractivity contribution is 9.10. The summed E-state index contributed by atoms with van der Waals surface area (Å²) in [4.78, 5) is 35.4. The molecule has 16 heavy (non-hydrogen) atoms. The molecule has 1 aromatic carbocycles. The van der Waals surface area contributed by atoms with Gasteiger partial charge in [-0.25, -0.2) is 0 Å². The van der Waals surface area contributed by atoms with Gasteiger partial charge in [-0.1, -0.05) is 15.9 Å². The number of halogens is 1. The second kappa shape index (κ2) is 3.83. The summed E-state index contributed by atoms with van der Waals surface area (Å²) in [5, 5.41) is 0. The van der Waals surface area contributed by atoms with E-state index in [0.717, 1.165) is 4.47 Å². The summed E-state index contributed by atoms with van der Waals surface area (Å²) in [5.74, 6) is -1.35. The molecule has 1 amide bonds. The van der Waals surface area contributed by atoms with Gasteiger partial charge in [-0.3, -0.25) is 19.3 Å². The Labute approximate surface area is 100 Å². The lowest BCUT2D eigenvalue weighted by atomic mass is 10.1. The topological polar surface area (TPSA) is 54.5 Å². The molecule has 0 radical (unpaired) electrons. The van der Waals surface area contributed by atoms with Gasteiger partial charge in [-0.2, -0.15) is 0 Å². The predicted molar refractivity (Wildman–Crippen MR) is 61.5 cm³/mol. The normalized spacial score (nSPS) is 14.2. The van der Waals surface area contributed by atoms with Crippen molar-refractivity contribution in [1.29, 1.82) is 0 Å². The van der Waals surface area contributed by atoms with Crippen molar-refractivity contribution >= 4 is 39.1 Å². The molecule has 0 unspecified atom stereocenters. The Kier molecular flexibility index (Phi) is 2.63. The van der Waals surface area contributed by atoms with Crippen molar-refractivity contribution in [2.24, 2.45) is 0 Å². The van der Waals surface area contributed by atoms with E-state index in [1.165, 1.54) is 11.8 Å². The molecule has 0 spiro atoms. The fraction of sp³-hybridized carbons (Fsp3) is 0.182. The van der Waals surface area contributed by atoms with Crippen molar-refractivity contribution in [3.63, 3.8) is 0 Å². The third-order valence-corrected chi connectivity index (χ3v) is 2.81. The molecule has 82 valence electrons. The zero-order valence-corrected chi connectivity index (χ0v) is 10.1. The van der Waals surface area contributed by atoms with Gasteiger partial charge in [-0.05, 0) is 25.1 Å². The van der Waals surface area contributed by atoms with Crippen LogP contribution in [0.25, 0.3) is 0 Å². The maximum absolute atomic E-state index is 11.6. The van der Waals surface area contributed by atoms with Crippen molar-refractivity contribution in [2.45, 2.75) is 6.92 Å². The first-order valence-corrected chi connectivity index (χ1v) is 5.45. The summed E-state index contributed by atoms with van der Waals surface area (Å²) in [7, 11) is 0. The first-order chi connectivity index (χ1) is 7.50. The summed E-state index contributed by atoms with van der Waals surface area (Å²) in [6.45, 7) is 1.32. The number of carbonyl (C=O) groups excluding carboxylic acids is 3. The smallest absolute Gasteiger partial charge is 0.298 e. The highest BCUT2D eigenvalue weighted by Gasteiger charge is 2.36.